The number of hydrogen-bond acceptors (Lipinski definition) is 3. The van der Waals surface area contributed by atoms with Crippen LogP contribution in [0.4, 0.5) is 0 Å². The fraction of sp³-hybridized carbons (Fsp3) is 0.562. The van der Waals surface area contributed by atoms with Crippen molar-refractivity contribution in [1.29, 1.82) is 0 Å². The molecule has 2 aromatic rings. The molecule has 0 aliphatic carbocycles. The first-order valence-electron chi connectivity index (χ1n) is 14.0. The zero-order valence-corrected chi connectivity index (χ0v) is 22.6. The molecule has 0 saturated heterocycles. The predicted molar refractivity (Wildman–Crippen MR) is 150 cm³/mol. The molecule has 3 nitrogen and oxygen atoms in total. The topological polar surface area (TPSA) is 37.4 Å². The van der Waals surface area contributed by atoms with E-state index in [0.29, 0.717) is 11.1 Å². The van der Waals surface area contributed by atoms with Crippen LogP contribution in [0.1, 0.15) is 119 Å². The number of unbranched alkanes of at least 4 members (excludes halogenated alkanes) is 9. The second kappa shape index (κ2) is 21.1. The molecule has 0 bridgehead atoms. The molecule has 0 aliphatic rings. The molecule has 0 amide bonds. The van der Waals surface area contributed by atoms with Gasteiger partial charge in [-0.25, -0.2) is 0 Å². The van der Waals surface area contributed by atoms with Gasteiger partial charge in [0.1, 0.15) is 0 Å². The minimum Gasteiger partial charge on any atom is -0.303 e. The van der Waals surface area contributed by atoms with Gasteiger partial charge in [-0.3, -0.25) is 9.59 Å². The summed E-state index contributed by atoms with van der Waals surface area (Å²) in [4.78, 5) is 26.3. The van der Waals surface area contributed by atoms with Gasteiger partial charge in [0.25, 0.3) is 0 Å². The number of benzene rings is 2. The number of carbonyl (C=O) groups is 2. The summed E-state index contributed by atoms with van der Waals surface area (Å²) in [7, 11) is 0. The van der Waals surface area contributed by atoms with Crippen LogP contribution in [-0.4, -0.2) is 36.1 Å². The quantitative estimate of drug-likeness (QED) is 0.122. The van der Waals surface area contributed by atoms with Crippen molar-refractivity contribution in [2.24, 2.45) is 0 Å². The van der Waals surface area contributed by atoms with Crippen LogP contribution in [0.25, 0.3) is 0 Å². The van der Waals surface area contributed by atoms with Crippen molar-refractivity contribution < 1.29 is 9.59 Å². The lowest BCUT2D eigenvalue weighted by Crippen LogP contribution is -2.27. The largest absolute Gasteiger partial charge is 0.303 e. The van der Waals surface area contributed by atoms with Gasteiger partial charge in [0, 0.05) is 11.1 Å². The predicted octanol–water partition coefficient (Wildman–Crippen LogP) is 8.78. The maximum Gasteiger partial charge on any atom is 0.233 e. The van der Waals surface area contributed by atoms with E-state index in [-0.39, 0.29) is 0 Å². The normalized spacial score (nSPS) is 10.6. The summed E-state index contributed by atoms with van der Waals surface area (Å²) in [5, 5.41) is 0. The summed E-state index contributed by atoms with van der Waals surface area (Å²) < 4.78 is 0. The number of rotatable bonds is 18. The fourth-order valence-electron chi connectivity index (χ4n) is 4.06. The van der Waals surface area contributed by atoms with Crippen molar-refractivity contribution in [3.63, 3.8) is 0 Å². The molecule has 194 valence electrons. The molecule has 0 aromatic heterocycles. The summed E-state index contributed by atoms with van der Waals surface area (Å²) in [5.74, 6) is -0.932. The Morgan fingerprint density at radius 2 is 0.800 bits per heavy atom. The molecule has 0 heterocycles. The second-order valence-corrected chi connectivity index (χ2v) is 9.41. The lowest BCUT2D eigenvalue weighted by Gasteiger charge is -2.22. The van der Waals surface area contributed by atoms with Gasteiger partial charge in [-0.2, -0.15) is 0 Å². The third-order valence-electron chi connectivity index (χ3n) is 6.26. The third kappa shape index (κ3) is 14.7. The van der Waals surface area contributed by atoms with Crippen LogP contribution in [0.3, 0.4) is 0 Å². The Bertz CT molecular complexity index is 695. The maximum absolute atomic E-state index is 11.8. The Morgan fingerprint density at radius 3 is 1.09 bits per heavy atom. The fourth-order valence-corrected chi connectivity index (χ4v) is 4.06. The van der Waals surface area contributed by atoms with Gasteiger partial charge in [-0.05, 0) is 38.9 Å². The van der Waals surface area contributed by atoms with Crippen LogP contribution in [0.15, 0.2) is 60.7 Å². The van der Waals surface area contributed by atoms with E-state index in [4.69, 9.17) is 0 Å². The zero-order chi connectivity index (χ0) is 25.6. The van der Waals surface area contributed by atoms with E-state index < -0.39 is 11.6 Å². The number of nitrogens with zero attached hydrogens (tertiary/aromatic N) is 1. The highest BCUT2D eigenvalue weighted by atomic mass is 16.2. The van der Waals surface area contributed by atoms with Gasteiger partial charge in [0.2, 0.25) is 11.6 Å². The average Bonchev–Trinajstić information content (AvgIpc) is 2.91. The zero-order valence-electron chi connectivity index (χ0n) is 22.6. The molecule has 35 heavy (non-hydrogen) atoms. The molecular formula is C32H49NO2. The first-order chi connectivity index (χ1) is 17.1. The van der Waals surface area contributed by atoms with Gasteiger partial charge in [-0.1, -0.05) is 139 Å². The first-order valence-corrected chi connectivity index (χ1v) is 14.0. The standard InChI is InChI=1S/C18H39N.C14H10O2/c1-4-7-10-13-16-19(17-14-11-8-5-2)18-15-12-9-6-3;15-13(11-7-3-1-4-8-11)14(16)12-9-5-2-6-10-12/h4-18H2,1-3H3;1-10H. The van der Waals surface area contributed by atoms with Crippen LogP contribution >= 0.6 is 0 Å². The van der Waals surface area contributed by atoms with E-state index in [2.05, 4.69) is 25.7 Å². The molecule has 0 N–H and O–H groups in total. The van der Waals surface area contributed by atoms with Crippen LogP contribution < -0.4 is 0 Å². The Kier molecular flexibility index (Phi) is 18.5. The van der Waals surface area contributed by atoms with Gasteiger partial charge >= 0.3 is 0 Å². The summed E-state index contributed by atoms with van der Waals surface area (Å²) >= 11 is 0. The highest BCUT2D eigenvalue weighted by Crippen LogP contribution is 2.09. The van der Waals surface area contributed by atoms with Crippen molar-refractivity contribution in [3.8, 4) is 0 Å². The van der Waals surface area contributed by atoms with Crippen molar-refractivity contribution in [2.75, 3.05) is 19.6 Å². The molecule has 0 atom stereocenters. The molecule has 0 fully saturated rings. The molecule has 3 heteroatoms. The van der Waals surface area contributed by atoms with E-state index in [1.165, 1.54) is 96.7 Å². The van der Waals surface area contributed by atoms with Crippen LogP contribution in [0.2, 0.25) is 0 Å². The van der Waals surface area contributed by atoms with Gasteiger partial charge in [0.05, 0.1) is 0 Å². The van der Waals surface area contributed by atoms with Gasteiger partial charge in [-0.15, -0.1) is 0 Å². The molecule has 2 rings (SSSR count). The molecule has 0 spiro atoms. The molecule has 0 unspecified atom stereocenters. The Labute approximate surface area is 215 Å². The smallest absolute Gasteiger partial charge is 0.233 e. The summed E-state index contributed by atoms with van der Waals surface area (Å²) in [6.45, 7) is 10.9. The molecule has 2 aromatic carbocycles. The van der Waals surface area contributed by atoms with E-state index in [1.807, 2.05) is 12.1 Å². The molecular weight excluding hydrogens is 430 g/mol. The van der Waals surface area contributed by atoms with Gasteiger partial charge < -0.3 is 4.90 Å². The van der Waals surface area contributed by atoms with Crippen LogP contribution in [0, 0.1) is 0 Å². The number of ketones is 2. The lowest BCUT2D eigenvalue weighted by atomic mass is 10.0. The van der Waals surface area contributed by atoms with E-state index >= 15 is 0 Å². The van der Waals surface area contributed by atoms with E-state index in [0.717, 1.165) is 0 Å². The van der Waals surface area contributed by atoms with Crippen LogP contribution in [0.5, 0.6) is 0 Å². The minimum absolute atomic E-state index is 0.427. The SMILES string of the molecule is CCCCCCN(CCCCCC)CCCCCC.O=C(C(=O)c1ccccc1)c1ccccc1. The second-order valence-electron chi connectivity index (χ2n) is 9.41. The Morgan fingerprint density at radius 1 is 0.486 bits per heavy atom. The highest BCUT2D eigenvalue weighted by Gasteiger charge is 2.17. The Balaban J connectivity index is 0.000000353. The number of carbonyl (C=O) groups excluding carboxylic acids is 2. The monoisotopic (exact) mass is 479 g/mol. The van der Waals surface area contributed by atoms with Crippen molar-refractivity contribution in [3.05, 3.63) is 71.8 Å². The first kappa shape index (κ1) is 30.8. The number of Topliss-reactive ketones (excluding diaryl/α,β-unsaturated/α-hetero) is 2. The minimum atomic E-state index is -0.466. The summed E-state index contributed by atoms with van der Waals surface area (Å²) in [6.07, 6.45) is 16.8. The van der Waals surface area contributed by atoms with Gasteiger partial charge in [0.15, 0.2) is 0 Å². The average molecular weight is 480 g/mol. The molecule has 0 radical (unpaired) electrons. The van der Waals surface area contributed by atoms with Crippen molar-refractivity contribution >= 4 is 11.6 Å². The Hall–Kier alpha value is -2.26. The van der Waals surface area contributed by atoms with Crippen LogP contribution in [-0.2, 0) is 0 Å². The summed E-state index contributed by atoms with van der Waals surface area (Å²) in [6, 6.07) is 17.2. The van der Waals surface area contributed by atoms with Crippen molar-refractivity contribution in [1.82, 2.24) is 4.90 Å². The lowest BCUT2D eigenvalue weighted by molar-refractivity contribution is 0.0817. The third-order valence-corrected chi connectivity index (χ3v) is 6.26. The van der Waals surface area contributed by atoms with E-state index in [1.54, 1.807) is 48.5 Å². The molecule has 0 aliphatic heterocycles. The number of hydrogen-bond donors (Lipinski definition) is 0. The maximum atomic E-state index is 11.8. The van der Waals surface area contributed by atoms with E-state index in [9.17, 15) is 9.59 Å². The molecule has 0 saturated carbocycles. The summed E-state index contributed by atoms with van der Waals surface area (Å²) in [5.41, 5.74) is 0.854. The highest BCUT2D eigenvalue weighted by molar-refractivity contribution is 6.49. The van der Waals surface area contributed by atoms with Crippen molar-refractivity contribution in [2.45, 2.75) is 97.8 Å².